The van der Waals surface area contributed by atoms with Crippen molar-refractivity contribution in [2.45, 2.75) is 46.0 Å². The summed E-state index contributed by atoms with van der Waals surface area (Å²) in [6, 6.07) is 0. The Morgan fingerprint density at radius 1 is 1.23 bits per heavy atom. The lowest BCUT2D eigenvalue weighted by Crippen LogP contribution is -2.06. The minimum absolute atomic E-state index is 0.245. The van der Waals surface area contributed by atoms with E-state index in [2.05, 4.69) is 12.7 Å². The number of carbonyl (C=O) groups is 2. The normalized spacial score (nSPS) is 8.46. The van der Waals surface area contributed by atoms with Crippen molar-refractivity contribution in [2.24, 2.45) is 5.73 Å². The van der Waals surface area contributed by atoms with Crippen molar-refractivity contribution in [1.29, 1.82) is 0 Å². The number of unbranched alkanes of at least 4 members (excludes halogenated alkanes) is 2. The SMILES string of the molecule is CCC(N)=O.CCCCCC(=O)O. The molecule has 0 aromatic rings. The molecule has 0 aliphatic heterocycles. The molecule has 3 N–H and O–H groups in total. The highest BCUT2D eigenvalue weighted by molar-refractivity contribution is 5.73. The summed E-state index contributed by atoms with van der Waals surface area (Å²) < 4.78 is 0. The van der Waals surface area contributed by atoms with Crippen LogP contribution in [0, 0.1) is 0 Å². The summed E-state index contributed by atoms with van der Waals surface area (Å²) in [7, 11) is 0. The quantitative estimate of drug-likeness (QED) is 0.643. The maximum Gasteiger partial charge on any atom is 0.303 e. The van der Waals surface area contributed by atoms with E-state index in [1.807, 2.05) is 0 Å². The maximum atomic E-state index is 9.87. The first-order chi connectivity index (χ1) is 6.04. The number of aliphatic carboxylic acids is 1. The lowest BCUT2D eigenvalue weighted by atomic mass is 10.2. The van der Waals surface area contributed by atoms with E-state index in [-0.39, 0.29) is 5.91 Å². The van der Waals surface area contributed by atoms with Crippen LogP contribution in [0.5, 0.6) is 0 Å². The van der Waals surface area contributed by atoms with Gasteiger partial charge in [0.25, 0.3) is 0 Å². The second-order valence-corrected chi connectivity index (χ2v) is 2.67. The van der Waals surface area contributed by atoms with E-state index < -0.39 is 5.97 Å². The van der Waals surface area contributed by atoms with Crippen LogP contribution in [-0.2, 0) is 9.59 Å². The van der Waals surface area contributed by atoms with Gasteiger partial charge in [0.2, 0.25) is 5.91 Å². The Labute approximate surface area is 79.1 Å². The van der Waals surface area contributed by atoms with Crippen LogP contribution in [0.2, 0.25) is 0 Å². The minimum Gasteiger partial charge on any atom is -0.481 e. The Balaban J connectivity index is 0. The number of nitrogens with two attached hydrogens (primary N) is 1. The number of carboxylic acids is 1. The molecule has 0 fully saturated rings. The monoisotopic (exact) mass is 189 g/mol. The average Bonchev–Trinajstić information content (AvgIpc) is 2.05. The van der Waals surface area contributed by atoms with Gasteiger partial charge in [-0.15, -0.1) is 0 Å². The van der Waals surface area contributed by atoms with Crippen LogP contribution in [0.4, 0.5) is 0 Å². The Bertz CT molecular complexity index is 146. The topological polar surface area (TPSA) is 80.4 Å². The first-order valence-corrected chi connectivity index (χ1v) is 4.54. The summed E-state index contributed by atoms with van der Waals surface area (Å²) in [5.74, 6) is -0.927. The fourth-order valence-electron chi connectivity index (χ4n) is 0.526. The van der Waals surface area contributed by atoms with Gasteiger partial charge >= 0.3 is 5.97 Å². The summed E-state index contributed by atoms with van der Waals surface area (Å²) in [6.45, 7) is 3.78. The predicted octanol–water partition coefficient (Wildman–Crippen LogP) is 1.53. The summed E-state index contributed by atoms with van der Waals surface area (Å²) in [5.41, 5.74) is 4.65. The van der Waals surface area contributed by atoms with Gasteiger partial charge < -0.3 is 10.8 Å². The molecule has 0 aliphatic rings. The van der Waals surface area contributed by atoms with Gasteiger partial charge in [-0.1, -0.05) is 26.7 Å². The first kappa shape index (κ1) is 14.5. The Hall–Kier alpha value is -1.06. The molecule has 0 aromatic carbocycles. The van der Waals surface area contributed by atoms with Crippen LogP contribution < -0.4 is 5.73 Å². The standard InChI is InChI=1S/C6H12O2.C3H7NO/c1-2-3-4-5-6(7)8;1-2-3(4)5/h2-5H2,1H3,(H,7,8);2H2,1H3,(H2,4,5). The highest BCUT2D eigenvalue weighted by Crippen LogP contribution is 1.97. The van der Waals surface area contributed by atoms with Crippen LogP contribution in [0.1, 0.15) is 46.0 Å². The van der Waals surface area contributed by atoms with E-state index in [4.69, 9.17) is 5.11 Å². The zero-order chi connectivity index (χ0) is 10.7. The van der Waals surface area contributed by atoms with Crippen molar-refractivity contribution >= 4 is 11.9 Å². The number of amides is 1. The van der Waals surface area contributed by atoms with Crippen LogP contribution in [0.3, 0.4) is 0 Å². The van der Waals surface area contributed by atoms with Gasteiger partial charge in [0.1, 0.15) is 0 Å². The van der Waals surface area contributed by atoms with Crippen molar-refractivity contribution in [3.05, 3.63) is 0 Å². The van der Waals surface area contributed by atoms with E-state index in [9.17, 15) is 9.59 Å². The molecule has 0 aliphatic carbocycles. The third-order valence-electron chi connectivity index (χ3n) is 1.34. The van der Waals surface area contributed by atoms with Gasteiger partial charge in [0, 0.05) is 12.8 Å². The Kier molecular flexibility index (Phi) is 12.2. The molecule has 4 heteroatoms. The molecule has 0 aromatic heterocycles. The Morgan fingerprint density at radius 2 is 1.69 bits per heavy atom. The largest absolute Gasteiger partial charge is 0.481 e. The molecule has 0 saturated carbocycles. The second-order valence-electron chi connectivity index (χ2n) is 2.67. The van der Waals surface area contributed by atoms with Crippen LogP contribution >= 0.6 is 0 Å². The molecule has 0 rings (SSSR count). The molecule has 0 atom stereocenters. The van der Waals surface area contributed by atoms with Crippen LogP contribution in [0.15, 0.2) is 0 Å². The van der Waals surface area contributed by atoms with Crippen molar-refractivity contribution in [1.82, 2.24) is 0 Å². The number of hydrogen-bond donors (Lipinski definition) is 2. The zero-order valence-corrected chi connectivity index (χ0v) is 8.38. The number of hydrogen-bond acceptors (Lipinski definition) is 2. The molecule has 13 heavy (non-hydrogen) atoms. The molecular weight excluding hydrogens is 170 g/mol. The van der Waals surface area contributed by atoms with Gasteiger partial charge in [-0.3, -0.25) is 9.59 Å². The smallest absolute Gasteiger partial charge is 0.303 e. The summed E-state index contributed by atoms with van der Waals surface area (Å²) in [6.07, 6.45) is 3.72. The fraction of sp³-hybridized carbons (Fsp3) is 0.778. The van der Waals surface area contributed by atoms with E-state index in [0.29, 0.717) is 12.8 Å². The molecule has 0 radical (unpaired) electrons. The van der Waals surface area contributed by atoms with Gasteiger partial charge in [0.15, 0.2) is 0 Å². The number of carboxylic acid groups (broad SMARTS) is 1. The molecule has 1 amide bonds. The zero-order valence-electron chi connectivity index (χ0n) is 8.38. The highest BCUT2D eigenvalue weighted by atomic mass is 16.4. The van der Waals surface area contributed by atoms with E-state index >= 15 is 0 Å². The van der Waals surface area contributed by atoms with Crippen molar-refractivity contribution in [2.75, 3.05) is 0 Å². The lowest BCUT2D eigenvalue weighted by molar-refractivity contribution is -0.137. The number of carbonyl (C=O) groups excluding carboxylic acids is 1. The summed E-state index contributed by atoms with van der Waals surface area (Å²) >= 11 is 0. The third-order valence-corrected chi connectivity index (χ3v) is 1.34. The highest BCUT2D eigenvalue weighted by Gasteiger charge is 1.92. The van der Waals surface area contributed by atoms with Crippen molar-refractivity contribution in [3.63, 3.8) is 0 Å². The van der Waals surface area contributed by atoms with Gasteiger partial charge in [-0.25, -0.2) is 0 Å². The van der Waals surface area contributed by atoms with E-state index in [1.165, 1.54) is 0 Å². The molecule has 4 nitrogen and oxygen atoms in total. The second kappa shape index (κ2) is 10.9. The predicted molar refractivity (Wildman–Crippen MR) is 51.3 cm³/mol. The van der Waals surface area contributed by atoms with E-state index in [0.717, 1.165) is 19.3 Å². The van der Waals surface area contributed by atoms with E-state index in [1.54, 1.807) is 6.92 Å². The molecule has 0 unspecified atom stereocenters. The summed E-state index contributed by atoms with van der Waals surface area (Å²) in [5, 5.41) is 8.14. The molecule has 0 heterocycles. The molecule has 78 valence electrons. The third kappa shape index (κ3) is 24.8. The van der Waals surface area contributed by atoms with Crippen LogP contribution in [-0.4, -0.2) is 17.0 Å². The average molecular weight is 189 g/mol. The van der Waals surface area contributed by atoms with Crippen molar-refractivity contribution < 1.29 is 14.7 Å². The number of rotatable bonds is 5. The van der Waals surface area contributed by atoms with Crippen LogP contribution in [0.25, 0.3) is 0 Å². The van der Waals surface area contributed by atoms with Gasteiger partial charge in [0.05, 0.1) is 0 Å². The molecular formula is C9H19NO3. The molecule has 0 saturated heterocycles. The van der Waals surface area contributed by atoms with Gasteiger partial charge in [-0.2, -0.15) is 0 Å². The lowest BCUT2D eigenvalue weighted by Gasteiger charge is -1.89. The first-order valence-electron chi connectivity index (χ1n) is 4.54. The Morgan fingerprint density at radius 3 is 1.92 bits per heavy atom. The maximum absolute atomic E-state index is 9.87. The minimum atomic E-state index is -0.682. The van der Waals surface area contributed by atoms with Gasteiger partial charge in [-0.05, 0) is 6.42 Å². The fourth-order valence-corrected chi connectivity index (χ4v) is 0.526. The van der Waals surface area contributed by atoms with Crippen molar-refractivity contribution in [3.8, 4) is 0 Å². The summed E-state index contributed by atoms with van der Waals surface area (Å²) in [4.78, 5) is 19.5. The molecule has 0 spiro atoms. The molecule has 0 bridgehead atoms. The number of primary amides is 1.